The van der Waals surface area contributed by atoms with Crippen LogP contribution >= 0.6 is 0 Å². The van der Waals surface area contributed by atoms with Crippen molar-refractivity contribution in [3.63, 3.8) is 0 Å². The number of carbonyl (C=O) groups excluding carboxylic acids is 1. The molecule has 1 fully saturated rings. The van der Waals surface area contributed by atoms with Gasteiger partial charge in [0.2, 0.25) is 12.5 Å². The third-order valence-electron chi connectivity index (χ3n) is 6.99. The molecule has 9 nitrogen and oxygen atoms in total. The summed E-state index contributed by atoms with van der Waals surface area (Å²) in [6.45, 7) is 11.7. The van der Waals surface area contributed by atoms with E-state index in [9.17, 15) is 14.7 Å². The molecule has 0 radical (unpaired) electrons. The molecule has 37 heavy (non-hydrogen) atoms. The normalized spacial score (nSPS) is 21.5. The second-order valence-corrected chi connectivity index (χ2v) is 10.4. The Kier molecular flexibility index (Phi) is 9.84. The van der Waals surface area contributed by atoms with Gasteiger partial charge in [-0.05, 0) is 49.3 Å². The summed E-state index contributed by atoms with van der Waals surface area (Å²) in [5.41, 5.74) is 0.544. The number of hydroxylamine groups is 2. The minimum atomic E-state index is -0.884. The number of rotatable bonds is 13. The molecule has 0 saturated carbocycles. The maximum absolute atomic E-state index is 13.3. The van der Waals surface area contributed by atoms with Crippen molar-refractivity contribution in [2.75, 3.05) is 40.1 Å². The molecule has 0 unspecified atom stereocenters. The van der Waals surface area contributed by atoms with Gasteiger partial charge in [-0.1, -0.05) is 39.8 Å². The number of hydrogen-bond acceptors (Lipinski definition) is 7. The maximum atomic E-state index is 13.3. The van der Waals surface area contributed by atoms with Crippen molar-refractivity contribution in [2.45, 2.75) is 65.8 Å². The van der Waals surface area contributed by atoms with Crippen molar-refractivity contribution in [3.8, 4) is 17.2 Å². The third kappa shape index (κ3) is 6.76. The maximum Gasteiger partial charge on any atom is 0.308 e. The Bertz CT molecular complexity index is 978. The molecular formula is C28H42N2O7. The first-order chi connectivity index (χ1) is 17.6. The minimum Gasteiger partial charge on any atom is -0.493 e. The van der Waals surface area contributed by atoms with E-state index in [0.717, 1.165) is 18.4 Å². The molecule has 206 valence electrons. The van der Waals surface area contributed by atoms with Crippen molar-refractivity contribution >= 4 is 11.9 Å². The number of carboxylic acids is 1. The second kappa shape index (κ2) is 12.6. The summed E-state index contributed by atoms with van der Waals surface area (Å²) in [6, 6.07) is 3.32. The van der Waals surface area contributed by atoms with Crippen LogP contribution in [0.25, 0.3) is 0 Å². The fourth-order valence-electron chi connectivity index (χ4n) is 5.42. The van der Waals surface area contributed by atoms with Crippen LogP contribution in [0.3, 0.4) is 0 Å². The molecule has 3 rings (SSSR count). The number of likely N-dealkylation sites (tertiary alicyclic amines) is 1. The zero-order valence-corrected chi connectivity index (χ0v) is 23.0. The Hall–Kier alpha value is -2.78. The molecule has 2 aliphatic heterocycles. The topological polar surface area (TPSA) is 97.8 Å². The van der Waals surface area contributed by atoms with Crippen LogP contribution in [0.2, 0.25) is 0 Å². The smallest absolute Gasteiger partial charge is 0.308 e. The summed E-state index contributed by atoms with van der Waals surface area (Å²) in [5.74, 6) is -0.549. The summed E-state index contributed by atoms with van der Waals surface area (Å²) >= 11 is 0. The van der Waals surface area contributed by atoms with Gasteiger partial charge in [-0.25, -0.2) is 5.06 Å². The van der Waals surface area contributed by atoms with Crippen molar-refractivity contribution in [2.24, 2.45) is 11.3 Å². The number of allylic oxidation sites excluding steroid dienone is 2. The number of hydrogen-bond donors (Lipinski definition) is 1. The third-order valence-corrected chi connectivity index (χ3v) is 6.99. The summed E-state index contributed by atoms with van der Waals surface area (Å²) in [4.78, 5) is 33.9. The van der Waals surface area contributed by atoms with E-state index in [0.29, 0.717) is 43.4 Å². The van der Waals surface area contributed by atoms with Crippen LogP contribution in [0.15, 0.2) is 24.3 Å². The van der Waals surface area contributed by atoms with Gasteiger partial charge in [0.25, 0.3) is 5.91 Å². The number of fused-ring (bicyclic) bond motifs is 1. The SMILES string of the molecule is CC=CC(C)(C)C[C@H]1[C@H](C(=O)O)[C@@H](c2cc(OC)c3c(c2)OCO3)CN1CC(=O)N(CCC)OCCC. The molecule has 2 heterocycles. The van der Waals surface area contributed by atoms with Crippen molar-refractivity contribution in [1.29, 1.82) is 0 Å². The lowest BCUT2D eigenvalue weighted by molar-refractivity contribution is -0.188. The summed E-state index contributed by atoms with van der Waals surface area (Å²) in [6.07, 6.45) is 6.24. The zero-order valence-electron chi connectivity index (χ0n) is 23.0. The predicted molar refractivity (Wildman–Crippen MR) is 140 cm³/mol. The minimum absolute atomic E-state index is 0.0856. The van der Waals surface area contributed by atoms with Gasteiger partial charge in [0.05, 0.1) is 26.2 Å². The standard InChI is InChI=1S/C28H42N2O7/c1-7-10-28(4,5)15-21-25(27(32)33)20(19-13-22(34-6)26-23(14-19)35-18-36-26)16-29(21)17-24(31)30(11-8-2)37-12-9-3/h7,10,13-14,20-21,25H,8-9,11-12,15-18H2,1-6H3,(H,32,33)/t20-,21+,25-/m1/s1. The van der Waals surface area contributed by atoms with E-state index in [1.807, 2.05) is 43.9 Å². The molecule has 0 aromatic heterocycles. The fraction of sp³-hybridized carbons (Fsp3) is 0.643. The molecule has 9 heteroatoms. The molecule has 1 saturated heterocycles. The van der Waals surface area contributed by atoms with E-state index in [1.54, 1.807) is 7.11 Å². The Morgan fingerprint density at radius 1 is 1.24 bits per heavy atom. The highest BCUT2D eigenvalue weighted by Gasteiger charge is 2.49. The summed E-state index contributed by atoms with van der Waals surface area (Å²) < 4.78 is 16.7. The van der Waals surface area contributed by atoms with Gasteiger partial charge >= 0.3 is 5.97 Å². The number of carbonyl (C=O) groups is 2. The van der Waals surface area contributed by atoms with Crippen LogP contribution in [0, 0.1) is 11.3 Å². The summed E-state index contributed by atoms with van der Waals surface area (Å²) in [7, 11) is 1.55. The number of carboxylic acid groups (broad SMARTS) is 1. The van der Waals surface area contributed by atoms with Crippen LogP contribution in [-0.2, 0) is 14.4 Å². The van der Waals surface area contributed by atoms with E-state index in [-0.39, 0.29) is 36.6 Å². The molecule has 1 N–H and O–H groups in total. The number of amides is 1. The van der Waals surface area contributed by atoms with Crippen LogP contribution in [0.4, 0.5) is 0 Å². The van der Waals surface area contributed by atoms with Crippen LogP contribution < -0.4 is 14.2 Å². The highest BCUT2D eigenvalue weighted by Crippen LogP contribution is 2.48. The van der Waals surface area contributed by atoms with E-state index in [1.165, 1.54) is 5.06 Å². The van der Waals surface area contributed by atoms with Gasteiger partial charge in [0.1, 0.15) is 0 Å². The quantitative estimate of drug-likeness (QED) is 0.302. The van der Waals surface area contributed by atoms with Gasteiger partial charge in [-0.2, -0.15) is 0 Å². The van der Waals surface area contributed by atoms with Crippen molar-refractivity contribution < 1.29 is 33.7 Å². The first kappa shape index (κ1) is 28.8. The number of methoxy groups -OCH3 is 1. The average molecular weight is 519 g/mol. The first-order valence-electron chi connectivity index (χ1n) is 13.2. The van der Waals surface area contributed by atoms with E-state index >= 15 is 0 Å². The molecule has 1 amide bonds. The molecule has 0 spiro atoms. The number of benzene rings is 1. The Labute approximate surface area is 220 Å². The second-order valence-electron chi connectivity index (χ2n) is 10.4. The summed E-state index contributed by atoms with van der Waals surface area (Å²) in [5, 5.41) is 11.9. The van der Waals surface area contributed by atoms with Gasteiger partial charge in [-0.15, -0.1) is 0 Å². The monoisotopic (exact) mass is 518 g/mol. The number of nitrogens with zero attached hydrogens (tertiary/aromatic N) is 2. The molecule has 1 aromatic carbocycles. The highest BCUT2D eigenvalue weighted by atomic mass is 16.7. The average Bonchev–Trinajstić information content (AvgIpc) is 3.45. The van der Waals surface area contributed by atoms with Crippen LogP contribution in [-0.4, -0.2) is 73.1 Å². The molecule has 1 aromatic rings. The van der Waals surface area contributed by atoms with Gasteiger partial charge in [0, 0.05) is 25.0 Å². The van der Waals surface area contributed by atoms with Crippen molar-refractivity contribution in [1.82, 2.24) is 9.96 Å². The molecule has 0 bridgehead atoms. The van der Waals surface area contributed by atoms with E-state index < -0.39 is 11.9 Å². The highest BCUT2D eigenvalue weighted by molar-refractivity contribution is 5.78. The van der Waals surface area contributed by atoms with E-state index in [2.05, 4.69) is 19.9 Å². The number of ether oxygens (including phenoxy) is 3. The lowest BCUT2D eigenvalue weighted by Gasteiger charge is -2.33. The largest absolute Gasteiger partial charge is 0.493 e. The van der Waals surface area contributed by atoms with Gasteiger partial charge < -0.3 is 19.3 Å². The molecule has 0 aliphatic carbocycles. The Balaban J connectivity index is 1.98. The fourth-order valence-corrected chi connectivity index (χ4v) is 5.42. The van der Waals surface area contributed by atoms with Crippen LogP contribution in [0.1, 0.15) is 65.4 Å². The first-order valence-corrected chi connectivity index (χ1v) is 13.2. The Morgan fingerprint density at radius 2 is 2.00 bits per heavy atom. The van der Waals surface area contributed by atoms with Crippen LogP contribution in [0.5, 0.6) is 17.2 Å². The molecule has 2 aliphatic rings. The number of aliphatic carboxylic acids is 1. The van der Waals surface area contributed by atoms with Crippen molar-refractivity contribution in [3.05, 3.63) is 29.8 Å². The zero-order chi connectivity index (χ0) is 27.2. The molecular weight excluding hydrogens is 476 g/mol. The molecule has 3 atom stereocenters. The lowest BCUT2D eigenvalue weighted by atomic mass is 9.77. The van der Waals surface area contributed by atoms with E-state index in [4.69, 9.17) is 19.0 Å². The lowest BCUT2D eigenvalue weighted by Crippen LogP contribution is -2.45. The predicted octanol–water partition coefficient (Wildman–Crippen LogP) is 4.47. The van der Waals surface area contributed by atoms with Gasteiger partial charge in [-0.3, -0.25) is 19.3 Å². The Morgan fingerprint density at radius 3 is 2.62 bits per heavy atom. The van der Waals surface area contributed by atoms with Gasteiger partial charge in [0.15, 0.2) is 11.5 Å².